The lowest BCUT2D eigenvalue weighted by Gasteiger charge is -2.20. The zero-order chi connectivity index (χ0) is 14.4. The molecule has 1 aromatic rings. The Morgan fingerprint density at radius 1 is 1.37 bits per heavy atom. The average Bonchev–Trinajstić information content (AvgIpc) is 2.40. The number of aryl methyl sites for hydroxylation is 1. The average molecular weight is 328 g/mol. The highest BCUT2D eigenvalue weighted by molar-refractivity contribution is 9.10. The minimum atomic E-state index is -0.484. The fourth-order valence-electron chi connectivity index (χ4n) is 2.11. The summed E-state index contributed by atoms with van der Waals surface area (Å²) >= 11 is 3.37. The molecule has 2 N–H and O–H groups in total. The highest BCUT2D eigenvalue weighted by atomic mass is 79.9. The van der Waals surface area contributed by atoms with Crippen molar-refractivity contribution in [2.45, 2.75) is 39.7 Å². The monoisotopic (exact) mass is 327 g/mol. The first-order chi connectivity index (χ1) is 8.99. The number of aliphatic hydroxyl groups is 1. The summed E-state index contributed by atoms with van der Waals surface area (Å²) < 4.78 is 0.771. The fraction of sp³-hybridized carbons (Fsp3) is 0.533. The Hall–Kier alpha value is -0.870. The Morgan fingerprint density at radius 2 is 2.00 bits per heavy atom. The minimum absolute atomic E-state index is 0.152. The molecule has 0 aliphatic rings. The third kappa shape index (κ3) is 4.62. The van der Waals surface area contributed by atoms with Crippen LogP contribution in [0.25, 0.3) is 0 Å². The van der Waals surface area contributed by atoms with Gasteiger partial charge >= 0.3 is 0 Å². The highest BCUT2D eigenvalue weighted by Crippen LogP contribution is 2.18. The number of rotatable bonds is 6. The van der Waals surface area contributed by atoms with Crippen LogP contribution in [0.5, 0.6) is 0 Å². The van der Waals surface area contributed by atoms with Gasteiger partial charge in [0.15, 0.2) is 0 Å². The van der Waals surface area contributed by atoms with E-state index in [9.17, 15) is 9.90 Å². The van der Waals surface area contributed by atoms with Crippen LogP contribution >= 0.6 is 15.9 Å². The lowest BCUT2D eigenvalue weighted by molar-refractivity contribution is 0.0816. The predicted molar refractivity (Wildman–Crippen MR) is 81.3 cm³/mol. The Kier molecular flexibility index (Phi) is 6.52. The van der Waals surface area contributed by atoms with Gasteiger partial charge in [-0.25, -0.2) is 0 Å². The molecule has 0 bridgehead atoms. The largest absolute Gasteiger partial charge is 0.391 e. The third-order valence-corrected chi connectivity index (χ3v) is 4.12. The van der Waals surface area contributed by atoms with E-state index in [1.54, 1.807) is 0 Å². The lowest BCUT2D eigenvalue weighted by atomic mass is 9.96. The van der Waals surface area contributed by atoms with E-state index in [0.717, 1.165) is 22.9 Å². The number of aliphatic hydroxyl groups excluding tert-OH is 1. The molecular formula is C15H22BrNO2. The minimum Gasteiger partial charge on any atom is -0.391 e. The van der Waals surface area contributed by atoms with Crippen molar-refractivity contribution in [1.29, 1.82) is 0 Å². The van der Waals surface area contributed by atoms with Gasteiger partial charge in [0.2, 0.25) is 0 Å². The van der Waals surface area contributed by atoms with Gasteiger partial charge in [-0.1, -0.05) is 38.3 Å². The first-order valence-electron chi connectivity index (χ1n) is 6.72. The summed E-state index contributed by atoms with van der Waals surface area (Å²) in [6, 6.07) is 5.64. The zero-order valence-electron chi connectivity index (χ0n) is 11.7. The second kappa shape index (κ2) is 7.65. The number of benzene rings is 1. The molecule has 4 heteroatoms. The van der Waals surface area contributed by atoms with Gasteiger partial charge in [-0.2, -0.15) is 0 Å². The van der Waals surface area contributed by atoms with Crippen molar-refractivity contribution in [2.75, 3.05) is 6.54 Å². The molecule has 3 nitrogen and oxygen atoms in total. The summed E-state index contributed by atoms with van der Waals surface area (Å²) in [4.78, 5) is 12.1. The van der Waals surface area contributed by atoms with E-state index in [4.69, 9.17) is 0 Å². The number of carbonyl (C=O) groups is 1. The summed E-state index contributed by atoms with van der Waals surface area (Å²) in [5, 5.41) is 12.8. The molecule has 1 unspecified atom stereocenters. The molecule has 0 fully saturated rings. The second-order valence-corrected chi connectivity index (χ2v) is 5.69. The number of amides is 1. The number of hydrogen-bond acceptors (Lipinski definition) is 2. The Labute approximate surface area is 123 Å². The van der Waals surface area contributed by atoms with E-state index in [0.29, 0.717) is 12.1 Å². The Bertz CT molecular complexity index is 430. The molecule has 0 aliphatic carbocycles. The van der Waals surface area contributed by atoms with Crippen LogP contribution in [-0.2, 0) is 0 Å². The van der Waals surface area contributed by atoms with Gasteiger partial charge in [0.05, 0.1) is 11.7 Å². The highest BCUT2D eigenvalue weighted by Gasteiger charge is 2.17. The van der Waals surface area contributed by atoms with E-state index < -0.39 is 6.10 Å². The topological polar surface area (TPSA) is 49.3 Å². The normalized spacial score (nSPS) is 12.5. The molecule has 0 heterocycles. The second-order valence-electron chi connectivity index (χ2n) is 4.84. The third-order valence-electron chi connectivity index (χ3n) is 3.43. The molecule has 106 valence electrons. The van der Waals surface area contributed by atoms with Crippen LogP contribution in [0.2, 0.25) is 0 Å². The van der Waals surface area contributed by atoms with Crippen LogP contribution < -0.4 is 5.32 Å². The molecule has 0 aromatic heterocycles. The number of nitrogens with one attached hydrogen (secondary N) is 1. The van der Waals surface area contributed by atoms with Crippen molar-refractivity contribution in [3.63, 3.8) is 0 Å². The van der Waals surface area contributed by atoms with E-state index in [1.165, 1.54) is 0 Å². The van der Waals surface area contributed by atoms with Gasteiger partial charge in [0, 0.05) is 11.0 Å². The van der Waals surface area contributed by atoms with Gasteiger partial charge in [-0.15, -0.1) is 0 Å². The van der Waals surface area contributed by atoms with E-state index in [-0.39, 0.29) is 11.8 Å². The maximum atomic E-state index is 12.1. The SMILES string of the molecule is CCC(CC)C(O)CNC(=O)c1cc(C)ccc1Br. The summed E-state index contributed by atoms with van der Waals surface area (Å²) in [6.45, 7) is 6.35. The smallest absolute Gasteiger partial charge is 0.252 e. The van der Waals surface area contributed by atoms with E-state index >= 15 is 0 Å². The van der Waals surface area contributed by atoms with Crippen molar-refractivity contribution in [3.05, 3.63) is 33.8 Å². The van der Waals surface area contributed by atoms with E-state index in [2.05, 4.69) is 35.1 Å². The molecular weight excluding hydrogens is 306 g/mol. The molecule has 1 atom stereocenters. The molecule has 1 rings (SSSR count). The van der Waals surface area contributed by atoms with Crippen molar-refractivity contribution >= 4 is 21.8 Å². The first-order valence-corrected chi connectivity index (χ1v) is 7.51. The number of carbonyl (C=O) groups excluding carboxylic acids is 1. The van der Waals surface area contributed by atoms with Crippen LogP contribution in [0.1, 0.15) is 42.6 Å². The van der Waals surface area contributed by atoms with Crippen LogP contribution in [0.15, 0.2) is 22.7 Å². The van der Waals surface area contributed by atoms with Crippen LogP contribution in [0.4, 0.5) is 0 Å². The van der Waals surface area contributed by atoms with Crippen molar-refractivity contribution in [2.24, 2.45) is 5.92 Å². The molecule has 19 heavy (non-hydrogen) atoms. The maximum Gasteiger partial charge on any atom is 0.252 e. The van der Waals surface area contributed by atoms with Crippen molar-refractivity contribution < 1.29 is 9.90 Å². The lowest BCUT2D eigenvalue weighted by Crippen LogP contribution is -2.36. The van der Waals surface area contributed by atoms with Gasteiger partial charge in [0.25, 0.3) is 5.91 Å². The van der Waals surface area contributed by atoms with Gasteiger partial charge < -0.3 is 10.4 Å². The maximum absolute atomic E-state index is 12.1. The molecule has 1 amide bonds. The predicted octanol–water partition coefficient (Wildman–Crippen LogP) is 3.28. The molecule has 0 spiro atoms. The van der Waals surface area contributed by atoms with Crippen molar-refractivity contribution in [3.8, 4) is 0 Å². The molecule has 0 radical (unpaired) electrons. The summed E-state index contributed by atoms with van der Waals surface area (Å²) in [5.41, 5.74) is 1.64. The summed E-state index contributed by atoms with van der Waals surface area (Å²) in [7, 11) is 0. The van der Waals surface area contributed by atoms with Gasteiger partial charge in [-0.05, 0) is 40.9 Å². The van der Waals surface area contributed by atoms with Gasteiger partial charge in [-0.3, -0.25) is 4.79 Å². The number of halogens is 1. The Balaban J connectivity index is 2.63. The fourth-order valence-corrected chi connectivity index (χ4v) is 2.53. The first kappa shape index (κ1) is 16.2. The van der Waals surface area contributed by atoms with Crippen LogP contribution in [0.3, 0.4) is 0 Å². The van der Waals surface area contributed by atoms with Gasteiger partial charge in [0.1, 0.15) is 0 Å². The standard InChI is InChI=1S/C15H22BrNO2/c1-4-11(5-2)14(18)9-17-15(19)12-8-10(3)6-7-13(12)16/h6-8,11,14,18H,4-5,9H2,1-3H3,(H,17,19). The van der Waals surface area contributed by atoms with E-state index in [1.807, 2.05) is 25.1 Å². The molecule has 0 saturated heterocycles. The summed E-state index contributed by atoms with van der Waals surface area (Å²) in [6.07, 6.45) is 1.35. The number of hydrogen-bond donors (Lipinski definition) is 2. The molecule has 0 aliphatic heterocycles. The molecule has 0 saturated carbocycles. The zero-order valence-corrected chi connectivity index (χ0v) is 13.3. The van der Waals surface area contributed by atoms with Crippen molar-refractivity contribution in [1.82, 2.24) is 5.32 Å². The summed E-state index contributed by atoms with van der Waals surface area (Å²) in [5.74, 6) is 0.0850. The quantitative estimate of drug-likeness (QED) is 0.842. The Morgan fingerprint density at radius 3 is 2.58 bits per heavy atom. The van der Waals surface area contributed by atoms with Crippen LogP contribution in [0, 0.1) is 12.8 Å². The van der Waals surface area contributed by atoms with Crippen LogP contribution in [-0.4, -0.2) is 23.7 Å². The molecule has 1 aromatic carbocycles.